The number of nitrogens with one attached hydrogen (secondary N) is 1. The number of aliphatic hydroxyl groups is 1. The van der Waals surface area contributed by atoms with E-state index in [4.69, 9.17) is 24.1 Å². The minimum Gasteiger partial charge on any atom is -0.491 e. The first-order valence-corrected chi connectivity index (χ1v) is 10.8. The molecular formula is C23H29NO7S. The fraction of sp³-hybridized carbons (Fsp3) is 0.391. The molecule has 2 atom stereocenters. The van der Waals surface area contributed by atoms with Crippen molar-refractivity contribution in [2.24, 2.45) is 0 Å². The van der Waals surface area contributed by atoms with Crippen LogP contribution >= 0.6 is 12.6 Å². The Labute approximate surface area is 193 Å². The number of benzene rings is 2. The number of aryl methyl sites for hydroxylation is 1. The maximum absolute atomic E-state index is 12.6. The first-order chi connectivity index (χ1) is 15.5. The fourth-order valence-corrected chi connectivity index (χ4v) is 3.02. The van der Waals surface area contributed by atoms with Crippen molar-refractivity contribution in [1.82, 2.24) is 0 Å². The van der Waals surface area contributed by atoms with Crippen LogP contribution in [0.5, 0.6) is 5.75 Å². The average Bonchev–Trinajstić information content (AvgIpc) is 2.80. The summed E-state index contributed by atoms with van der Waals surface area (Å²) in [6, 6.07) is 14.3. The molecule has 2 rings (SSSR count). The zero-order valence-electron chi connectivity index (χ0n) is 18.2. The molecule has 0 aromatic heterocycles. The highest BCUT2D eigenvalue weighted by atomic mass is 32.1. The van der Waals surface area contributed by atoms with Crippen LogP contribution in [0.3, 0.4) is 0 Å². The third-order valence-corrected chi connectivity index (χ3v) is 4.77. The summed E-state index contributed by atoms with van der Waals surface area (Å²) in [5, 5.41) is 11.7. The van der Waals surface area contributed by atoms with E-state index in [0.29, 0.717) is 23.4 Å². The van der Waals surface area contributed by atoms with Gasteiger partial charge in [-0.05, 0) is 36.8 Å². The van der Waals surface area contributed by atoms with E-state index in [1.54, 1.807) is 36.4 Å². The van der Waals surface area contributed by atoms with Gasteiger partial charge in [-0.25, -0.2) is 4.79 Å². The number of hydrogen-bond acceptors (Lipinski definition) is 8. The van der Waals surface area contributed by atoms with Gasteiger partial charge in [-0.15, -0.1) is 0 Å². The molecule has 8 nitrogen and oxygen atoms in total. The van der Waals surface area contributed by atoms with Crippen molar-refractivity contribution in [2.45, 2.75) is 25.6 Å². The summed E-state index contributed by atoms with van der Waals surface area (Å²) in [4.78, 5) is 24.0. The molecule has 0 aliphatic rings. The van der Waals surface area contributed by atoms with Crippen molar-refractivity contribution in [3.05, 3.63) is 59.7 Å². The highest BCUT2D eigenvalue weighted by Crippen LogP contribution is 2.29. The Morgan fingerprint density at radius 3 is 2.53 bits per heavy atom. The summed E-state index contributed by atoms with van der Waals surface area (Å²) in [5.74, 6) is 0.0402. The molecule has 1 amide bonds. The fourth-order valence-electron chi connectivity index (χ4n) is 2.93. The van der Waals surface area contributed by atoms with Crippen LogP contribution in [0.15, 0.2) is 48.5 Å². The summed E-state index contributed by atoms with van der Waals surface area (Å²) in [6.45, 7) is 2.04. The van der Waals surface area contributed by atoms with Crippen LogP contribution in [-0.2, 0) is 19.0 Å². The normalized spacial score (nSPS) is 12.5. The van der Waals surface area contributed by atoms with E-state index >= 15 is 0 Å². The second-order valence-electron chi connectivity index (χ2n) is 6.90. The Morgan fingerprint density at radius 2 is 1.88 bits per heavy atom. The SMILES string of the molecule is CO[C@H](CCOC(=O)CS)[C@H](OC(=O)Nc1ccc(C)cc1)c1cccc(OCCO)c1. The minimum absolute atomic E-state index is 0.0270. The molecule has 0 aliphatic carbocycles. The number of rotatable bonds is 12. The van der Waals surface area contributed by atoms with Gasteiger partial charge in [-0.3, -0.25) is 10.1 Å². The van der Waals surface area contributed by atoms with E-state index in [2.05, 4.69) is 17.9 Å². The summed E-state index contributed by atoms with van der Waals surface area (Å²) >= 11 is 3.88. The third kappa shape index (κ3) is 8.41. The van der Waals surface area contributed by atoms with E-state index in [0.717, 1.165) is 5.56 Å². The average molecular weight is 464 g/mol. The van der Waals surface area contributed by atoms with E-state index in [1.165, 1.54) is 7.11 Å². The molecule has 0 saturated carbocycles. The molecule has 0 bridgehead atoms. The molecule has 2 aromatic carbocycles. The first-order valence-electron chi connectivity index (χ1n) is 10.1. The summed E-state index contributed by atoms with van der Waals surface area (Å²) in [6.07, 6.45) is -1.77. The van der Waals surface area contributed by atoms with Crippen LogP contribution in [-0.4, -0.2) is 56.0 Å². The van der Waals surface area contributed by atoms with Crippen LogP contribution in [0.4, 0.5) is 10.5 Å². The lowest BCUT2D eigenvalue weighted by atomic mass is 10.0. The van der Waals surface area contributed by atoms with Gasteiger partial charge in [0.25, 0.3) is 0 Å². The predicted octanol–water partition coefficient (Wildman–Crippen LogP) is 3.53. The number of thiol groups is 1. The number of hydrogen-bond donors (Lipinski definition) is 3. The molecule has 0 spiro atoms. The highest BCUT2D eigenvalue weighted by Gasteiger charge is 2.28. The Bertz CT molecular complexity index is 860. The second kappa shape index (κ2) is 13.6. The van der Waals surface area contributed by atoms with Crippen molar-refractivity contribution >= 4 is 30.4 Å². The second-order valence-corrected chi connectivity index (χ2v) is 7.22. The number of amides is 1. The number of anilines is 1. The maximum Gasteiger partial charge on any atom is 0.412 e. The van der Waals surface area contributed by atoms with E-state index < -0.39 is 24.3 Å². The van der Waals surface area contributed by atoms with Gasteiger partial charge < -0.3 is 24.1 Å². The number of carbonyl (C=O) groups is 2. The lowest BCUT2D eigenvalue weighted by Gasteiger charge is -2.27. The molecule has 9 heteroatoms. The van der Waals surface area contributed by atoms with Crippen LogP contribution in [0.1, 0.15) is 23.7 Å². The van der Waals surface area contributed by atoms with Gasteiger partial charge in [-0.2, -0.15) is 12.6 Å². The number of ether oxygens (including phenoxy) is 4. The Kier molecular flexibility index (Phi) is 10.9. The van der Waals surface area contributed by atoms with Crippen molar-refractivity contribution in [2.75, 3.05) is 38.0 Å². The monoisotopic (exact) mass is 463 g/mol. The lowest BCUT2D eigenvalue weighted by Crippen LogP contribution is -2.29. The zero-order chi connectivity index (χ0) is 23.3. The predicted molar refractivity (Wildman–Crippen MR) is 123 cm³/mol. The van der Waals surface area contributed by atoms with Crippen LogP contribution < -0.4 is 10.1 Å². The molecule has 0 radical (unpaired) electrons. The zero-order valence-corrected chi connectivity index (χ0v) is 19.0. The van der Waals surface area contributed by atoms with Crippen molar-refractivity contribution in [3.63, 3.8) is 0 Å². The molecule has 0 fully saturated rings. The molecule has 0 aliphatic heterocycles. The summed E-state index contributed by atoms with van der Waals surface area (Å²) < 4.78 is 21.9. The highest BCUT2D eigenvalue weighted by molar-refractivity contribution is 7.81. The Morgan fingerprint density at radius 1 is 1.12 bits per heavy atom. The van der Waals surface area contributed by atoms with Gasteiger partial charge in [0.2, 0.25) is 0 Å². The molecular weight excluding hydrogens is 434 g/mol. The van der Waals surface area contributed by atoms with Crippen molar-refractivity contribution < 1.29 is 33.6 Å². The Balaban J connectivity index is 2.19. The lowest BCUT2D eigenvalue weighted by molar-refractivity contribution is -0.141. The molecule has 2 aromatic rings. The smallest absolute Gasteiger partial charge is 0.412 e. The van der Waals surface area contributed by atoms with E-state index in [-0.39, 0.29) is 25.6 Å². The van der Waals surface area contributed by atoms with E-state index in [9.17, 15) is 9.59 Å². The van der Waals surface area contributed by atoms with Crippen molar-refractivity contribution in [3.8, 4) is 5.75 Å². The van der Waals surface area contributed by atoms with Crippen LogP contribution in [0.2, 0.25) is 0 Å². The summed E-state index contributed by atoms with van der Waals surface area (Å²) in [5.41, 5.74) is 2.29. The van der Waals surface area contributed by atoms with Crippen molar-refractivity contribution in [1.29, 1.82) is 0 Å². The third-order valence-electron chi connectivity index (χ3n) is 4.51. The van der Waals surface area contributed by atoms with Crippen LogP contribution in [0, 0.1) is 6.92 Å². The molecule has 0 saturated heterocycles. The van der Waals surface area contributed by atoms with Gasteiger partial charge in [0.1, 0.15) is 18.5 Å². The quantitative estimate of drug-likeness (QED) is 0.327. The molecule has 174 valence electrons. The molecule has 2 N–H and O–H groups in total. The standard InChI is InChI=1S/C23H29NO7S/c1-16-6-8-18(9-7-16)24-23(27)31-22(20(28-2)10-12-30-21(26)15-32)17-4-3-5-19(14-17)29-13-11-25/h3-9,14,20,22,25,32H,10-13,15H2,1-2H3,(H,24,27)/t20-,22-/m1/s1. The maximum atomic E-state index is 12.6. The number of carbonyl (C=O) groups excluding carboxylic acids is 2. The number of methoxy groups -OCH3 is 1. The van der Waals surface area contributed by atoms with E-state index in [1.807, 2.05) is 19.1 Å². The van der Waals surface area contributed by atoms with Gasteiger partial charge in [0.15, 0.2) is 6.10 Å². The number of esters is 1. The van der Waals surface area contributed by atoms with Gasteiger partial charge in [-0.1, -0.05) is 29.8 Å². The topological polar surface area (TPSA) is 103 Å². The number of aliphatic hydroxyl groups excluding tert-OH is 1. The van der Waals surface area contributed by atoms with Gasteiger partial charge in [0.05, 0.1) is 19.0 Å². The first kappa shape index (κ1) is 25.5. The molecule has 32 heavy (non-hydrogen) atoms. The minimum atomic E-state index is -0.808. The van der Waals surface area contributed by atoms with Gasteiger partial charge >= 0.3 is 12.1 Å². The largest absolute Gasteiger partial charge is 0.491 e. The Hall–Kier alpha value is -2.75. The molecule has 0 unspecified atom stereocenters. The van der Waals surface area contributed by atoms with Crippen LogP contribution in [0.25, 0.3) is 0 Å². The molecule has 0 heterocycles. The van der Waals surface area contributed by atoms with Gasteiger partial charge in [0, 0.05) is 19.2 Å². The summed E-state index contributed by atoms with van der Waals surface area (Å²) in [7, 11) is 1.49.